The molecule has 0 saturated heterocycles. The average molecular weight is 1320 g/mol. The van der Waals surface area contributed by atoms with Crippen LogP contribution in [0.25, 0.3) is 0 Å². The maximum atomic E-state index is 13.8. The Bertz CT molecular complexity index is 3080. The molecule has 1 unspecified atom stereocenters. The van der Waals surface area contributed by atoms with Gasteiger partial charge in [-0.25, -0.2) is 4.79 Å². The molecule has 486 valence electrons. The number of pyridine rings is 1. The second-order valence-electron chi connectivity index (χ2n) is 20.7. The van der Waals surface area contributed by atoms with E-state index in [-0.39, 0.29) is 199 Å². The summed E-state index contributed by atoms with van der Waals surface area (Å²) in [6.45, 7) is 5.07. The van der Waals surface area contributed by atoms with E-state index < -0.39 is 105 Å². The number of hydrogen-bond acceptors (Lipinski definition) is 20. The van der Waals surface area contributed by atoms with Gasteiger partial charge in [0, 0.05) is 117 Å². The summed E-state index contributed by atoms with van der Waals surface area (Å²) in [7, 11) is 0. The zero-order valence-corrected chi connectivity index (χ0v) is 51.6. The molecule has 0 fully saturated rings. The summed E-state index contributed by atoms with van der Waals surface area (Å²) in [5.41, 5.74) is -4.26. The van der Waals surface area contributed by atoms with Crippen molar-refractivity contribution in [2.45, 2.75) is 51.7 Å². The molecule has 10 aliphatic rings. The van der Waals surface area contributed by atoms with Crippen LogP contribution in [-0.4, -0.2) is 219 Å². The molecule has 8 bridgehead atoms. The number of halogens is 4. The number of rotatable bonds is 9. The van der Waals surface area contributed by atoms with Gasteiger partial charge in [-0.15, -0.1) is 54.4 Å². The molecule has 88 heavy (non-hydrogen) atoms. The van der Waals surface area contributed by atoms with E-state index in [1.54, 1.807) is 30.6 Å². The van der Waals surface area contributed by atoms with Crippen LogP contribution in [0.1, 0.15) is 113 Å². The van der Waals surface area contributed by atoms with E-state index in [0.29, 0.717) is 12.8 Å². The van der Waals surface area contributed by atoms with Crippen molar-refractivity contribution in [1.29, 1.82) is 0 Å². The maximum absolute atomic E-state index is 13.8. The van der Waals surface area contributed by atoms with Crippen molar-refractivity contribution in [1.82, 2.24) is 62.0 Å². The van der Waals surface area contributed by atoms with Crippen molar-refractivity contribution in [3.8, 4) is 34.5 Å². The Morgan fingerprint density at radius 2 is 0.841 bits per heavy atom. The number of alkyl carbamates (subject to hydrolysis) is 1. The number of amides is 8. The molecule has 29 nitrogen and oxygen atoms in total. The van der Waals surface area contributed by atoms with Gasteiger partial charge in [-0.1, -0.05) is 6.07 Å². The van der Waals surface area contributed by atoms with Crippen LogP contribution in [0, 0.1) is 0 Å². The second kappa shape index (κ2) is 35.6. The predicted octanol–water partition coefficient (Wildman–Crippen LogP) is 1.21. The van der Waals surface area contributed by atoms with Gasteiger partial charge in [0.1, 0.15) is 11.3 Å². The molecule has 33 heteroatoms. The summed E-state index contributed by atoms with van der Waals surface area (Å²) in [6.07, 6.45) is 0.426. The molecule has 0 spiro atoms. The summed E-state index contributed by atoms with van der Waals surface area (Å²) >= 11 is 0. The lowest BCUT2D eigenvalue weighted by atomic mass is 10.1. The van der Waals surface area contributed by atoms with Gasteiger partial charge >= 0.3 is 6.09 Å². The monoisotopic (exact) mass is 1320 g/mol. The van der Waals surface area contributed by atoms with Crippen LogP contribution in [0.5, 0.6) is 34.5 Å². The van der Waals surface area contributed by atoms with Gasteiger partial charge in [-0.05, 0) is 82.5 Å². The van der Waals surface area contributed by atoms with Crippen LogP contribution in [0.2, 0.25) is 0 Å². The third kappa shape index (κ3) is 21.3. The van der Waals surface area contributed by atoms with Crippen LogP contribution in [0.4, 0.5) is 4.79 Å². The molecule has 0 saturated carbocycles. The van der Waals surface area contributed by atoms with Gasteiger partial charge in [-0.2, -0.15) is 0 Å². The van der Waals surface area contributed by atoms with E-state index in [4.69, 9.17) is 4.74 Å². The van der Waals surface area contributed by atoms with E-state index in [9.17, 15) is 79.0 Å². The van der Waals surface area contributed by atoms with Crippen LogP contribution in [-0.2, 0) is 4.74 Å². The molecule has 8 amide bonds. The van der Waals surface area contributed by atoms with Crippen LogP contribution in [0.15, 0.2) is 59.4 Å². The lowest BCUT2D eigenvalue weighted by Gasteiger charge is -2.31. The number of aromatic hydroxyl groups is 6. The highest BCUT2D eigenvalue weighted by molar-refractivity contribution is 6.05. The lowest BCUT2D eigenvalue weighted by molar-refractivity contribution is 0.0525. The van der Waals surface area contributed by atoms with E-state index in [1.807, 2.05) is 4.90 Å². The lowest BCUT2D eigenvalue weighted by Crippen LogP contribution is -2.49. The van der Waals surface area contributed by atoms with Crippen LogP contribution < -0.4 is 48.1 Å². The fourth-order valence-corrected chi connectivity index (χ4v) is 9.08. The topological polar surface area (TPSA) is 415 Å². The van der Waals surface area contributed by atoms with E-state index in [0.717, 1.165) is 42.5 Å². The van der Waals surface area contributed by atoms with Gasteiger partial charge < -0.3 is 83.1 Å². The summed E-state index contributed by atoms with van der Waals surface area (Å²) in [4.78, 5) is 125. The number of carbonyl (C=O) groups excluding carboxylic acids is 8. The fraction of sp³-hybridized carbons (Fsp3) is 0.436. The molecule has 4 aromatic rings. The summed E-state index contributed by atoms with van der Waals surface area (Å²) in [5.74, 6) is -11.2. The highest BCUT2D eigenvalue weighted by Gasteiger charge is 2.27. The number of nitrogens with one attached hydrogen (secondary N) is 8. The van der Waals surface area contributed by atoms with Crippen molar-refractivity contribution >= 4 is 97.1 Å². The van der Waals surface area contributed by atoms with Gasteiger partial charge in [0.15, 0.2) is 34.5 Å². The molecular formula is C55H76Cl4N12O17. The Morgan fingerprint density at radius 1 is 0.500 bits per heavy atom. The number of aromatic nitrogens is 1. The molecule has 14 rings (SSSR count). The Kier molecular flexibility index (Phi) is 30.7. The Morgan fingerprint density at radius 3 is 1.19 bits per heavy atom. The Hall–Kier alpha value is -8.19. The minimum Gasteiger partial charge on any atom is -0.504 e. The van der Waals surface area contributed by atoms with E-state index in [1.165, 1.54) is 12.1 Å². The first kappa shape index (κ1) is 75.9. The minimum absolute atomic E-state index is 0. The number of unbranched alkanes of at least 4 members (excludes halogenated alkanes) is 1. The number of ether oxygens (including phenoxy) is 1. The Labute approximate surface area is 530 Å². The van der Waals surface area contributed by atoms with Gasteiger partial charge in [-0.3, -0.25) is 53.1 Å². The number of benzene rings is 3. The van der Waals surface area contributed by atoms with Crippen LogP contribution in [0.3, 0.4) is 0 Å². The van der Waals surface area contributed by atoms with Gasteiger partial charge in [0.2, 0.25) is 0 Å². The van der Waals surface area contributed by atoms with Crippen molar-refractivity contribution < 1.29 is 78.9 Å². The fourth-order valence-electron chi connectivity index (χ4n) is 9.08. The first-order valence-electron chi connectivity index (χ1n) is 27.1. The predicted molar refractivity (Wildman–Crippen MR) is 329 cm³/mol. The largest absolute Gasteiger partial charge is 0.504 e. The average Bonchev–Trinajstić information content (AvgIpc) is 3.59. The van der Waals surface area contributed by atoms with Crippen LogP contribution >= 0.6 is 49.6 Å². The molecule has 10 aliphatic heterocycles. The number of nitrogens with zero attached hydrogens (tertiary/aromatic N) is 4. The molecule has 1 atom stereocenters. The number of phenolic OH excluding ortho intramolecular Hbond substituents is 6. The zero-order chi connectivity index (χ0) is 61.3. The molecular weight excluding hydrogens is 1240 g/mol. The molecule has 0 radical (unpaired) electrons. The second-order valence-corrected chi connectivity index (χ2v) is 20.7. The molecule has 11 heterocycles. The SMILES string of the molecule is CC(C)(C)OC(=O)NCCCCC(CN1CCNC(=O)c2ccc(c(O)c2O)C(=O)NCCN2CCNC(=O)c3ccc(c(O)c3O)C(=O)NCCN(CCNC(=O)c3ccc(c(O)c3O)C(=O)NCC2)CC1)NC(=O)c1cccc(=O)n1O.Cl.Cl.Cl.Cl. The third-order valence-electron chi connectivity index (χ3n) is 13.6. The summed E-state index contributed by atoms with van der Waals surface area (Å²) in [5, 5.41) is 98.1. The Balaban J connectivity index is 0.00000660. The third-order valence-corrected chi connectivity index (χ3v) is 13.6. The van der Waals surface area contributed by atoms with Crippen molar-refractivity contribution in [2.24, 2.45) is 0 Å². The van der Waals surface area contributed by atoms with Gasteiger partial charge in [0.25, 0.3) is 46.9 Å². The molecule has 1 aromatic heterocycles. The smallest absolute Gasteiger partial charge is 0.407 e. The highest BCUT2D eigenvalue weighted by atomic mass is 35.5. The summed E-state index contributed by atoms with van der Waals surface area (Å²) in [6, 6.07) is 9.68. The minimum atomic E-state index is -0.902. The number of hydrogen-bond donors (Lipinski definition) is 15. The van der Waals surface area contributed by atoms with Crippen molar-refractivity contribution in [3.63, 3.8) is 0 Å². The molecule has 0 aliphatic carbocycles. The normalized spacial score (nSPS) is 17.3. The quantitative estimate of drug-likeness (QED) is 0.0636. The molecule has 15 N–H and O–H groups in total. The summed E-state index contributed by atoms with van der Waals surface area (Å²) < 4.78 is 5.52. The number of phenols is 6. The first-order chi connectivity index (χ1) is 39.9. The maximum Gasteiger partial charge on any atom is 0.407 e. The van der Waals surface area contributed by atoms with E-state index in [2.05, 4.69) is 42.5 Å². The zero-order valence-electron chi connectivity index (χ0n) is 48.3. The molecule has 3 aromatic carbocycles. The van der Waals surface area contributed by atoms with E-state index >= 15 is 0 Å². The number of carbonyl (C=O) groups is 8. The first-order valence-corrected chi connectivity index (χ1v) is 27.1. The highest BCUT2D eigenvalue weighted by Crippen LogP contribution is 2.35. The van der Waals surface area contributed by atoms with Gasteiger partial charge in [0.05, 0.1) is 33.4 Å². The standard InChI is InChI=1S/C55H72N12O17.4ClH/c1-55(2,3)84-54(82)62-16-5-4-7-32(63-53(81)39-8-6-9-40(68)67(39)83)31-66-28-22-61-52(80)38-15-14-35(43(71)46(38)74)49(77)58-19-25-64-23-17-56-47(75)33-10-12-36(44(72)41(33)69)50(78)59-20-26-65(29-30-66)27-21-60-51(79)37-13-11-34(42(70)45(37)73)48(76)57-18-24-64;;;;/h6,8-15,32,69-74,83H,4-5,7,16-31H2,1-3H3,(H,56,75)(H,57,76)(H,58,77)(H,59,78)(H,60,79)(H,61,80)(H,62,82)(H,63,81);4*1H. The van der Waals surface area contributed by atoms with Crippen molar-refractivity contribution in [2.75, 3.05) is 105 Å². The van der Waals surface area contributed by atoms with Crippen molar-refractivity contribution in [3.05, 3.63) is 104 Å².